The lowest BCUT2D eigenvalue weighted by Gasteiger charge is -2.07. The third-order valence-corrected chi connectivity index (χ3v) is 5.00. The van der Waals surface area contributed by atoms with Gasteiger partial charge in [-0.15, -0.1) is 0 Å². The third kappa shape index (κ3) is 8.03. The van der Waals surface area contributed by atoms with E-state index in [0.717, 1.165) is 11.5 Å². The Balaban J connectivity index is 0.000000220. The number of methoxy groups -OCH3 is 2. The van der Waals surface area contributed by atoms with Gasteiger partial charge >= 0.3 is 0 Å². The third-order valence-electron chi connectivity index (χ3n) is 5.00. The maximum Gasteiger partial charge on any atom is 0.122 e. The Kier molecular flexibility index (Phi) is 10.0. The second-order valence-corrected chi connectivity index (χ2v) is 7.46. The summed E-state index contributed by atoms with van der Waals surface area (Å²) < 4.78 is 10.3. The van der Waals surface area contributed by atoms with Crippen LogP contribution in [0, 0.1) is 48.5 Å². The smallest absolute Gasteiger partial charge is 0.122 e. The number of benzene rings is 3. The summed E-state index contributed by atoms with van der Waals surface area (Å²) in [4.78, 5) is 0. The first kappa shape index (κ1) is 24.3. The van der Waals surface area contributed by atoms with E-state index >= 15 is 0 Å². The molecule has 0 aliphatic heterocycles. The molecule has 0 N–H and O–H groups in total. The monoisotopic (exact) mass is 392 g/mol. The van der Waals surface area contributed by atoms with Crippen molar-refractivity contribution in [2.75, 3.05) is 14.2 Å². The normalized spacial score (nSPS) is 9.55. The molecule has 3 aromatic rings. The van der Waals surface area contributed by atoms with Crippen molar-refractivity contribution in [2.45, 2.75) is 48.5 Å². The molecule has 29 heavy (non-hydrogen) atoms. The number of hydrogen-bond acceptors (Lipinski definition) is 2. The lowest BCUT2D eigenvalue weighted by molar-refractivity contribution is 0.411. The molecule has 2 nitrogen and oxygen atoms in total. The number of aryl methyl sites for hydroxylation is 7. The zero-order valence-corrected chi connectivity index (χ0v) is 19.5. The summed E-state index contributed by atoms with van der Waals surface area (Å²) in [5.41, 5.74) is 8.97. The summed E-state index contributed by atoms with van der Waals surface area (Å²) in [6.45, 7) is 14.6. The molecule has 3 rings (SSSR count). The Hall–Kier alpha value is -2.74. The van der Waals surface area contributed by atoms with E-state index in [1.165, 1.54) is 38.9 Å². The fraction of sp³-hybridized carbons (Fsp3) is 0.333. The molecule has 0 atom stereocenters. The Morgan fingerprint density at radius 3 is 1.38 bits per heavy atom. The van der Waals surface area contributed by atoms with Crippen molar-refractivity contribution in [3.05, 3.63) is 93.5 Å². The van der Waals surface area contributed by atoms with Crippen LogP contribution in [0.1, 0.15) is 38.9 Å². The average molecular weight is 393 g/mol. The van der Waals surface area contributed by atoms with Crippen LogP contribution < -0.4 is 9.47 Å². The van der Waals surface area contributed by atoms with E-state index in [4.69, 9.17) is 9.47 Å². The molecular weight excluding hydrogens is 356 g/mol. The highest BCUT2D eigenvalue weighted by Crippen LogP contribution is 2.21. The molecule has 2 heteroatoms. The number of hydrogen-bond donors (Lipinski definition) is 0. The highest BCUT2D eigenvalue weighted by molar-refractivity contribution is 5.40. The van der Waals surface area contributed by atoms with Crippen molar-refractivity contribution < 1.29 is 9.47 Å². The van der Waals surface area contributed by atoms with E-state index in [0.29, 0.717) is 0 Å². The average Bonchev–Trinajstić information content (AvgIpc) is 2.70. The fourth-order valence-electron chi connectivity index (χ4n) is 2.74. The van der Waals surface area contributed by atoms with Gasteiger partial charge in [-0.25, -0.2) is 0 Å². The highest BCUT2D eigenvalue weighted by Gasteiger charge is 2.00. The summed E-state index contributed by atoms with van der Waals surface area (Å²) >= 11 is 0. The van der Waals surface area contributed by atoms with Crippen molar-refractivity contribution in [1.82, 2.24) is 0 Å². The minimum Gasteiger partial charge on any atom is -0.496 e. The number of rotatable bonds is 2. The van der Waals surface area contributed by atoms with Gasteiger partial charge in [0.15, 0.2) is 0 Å². The lowest BCUT2D eigenvalue weighted by Crippen LogP contribution is -1.90. The van der Waals surface area contributed by atoms with E-state index < -0.39 is 0 Å². The first-order valence-electron chi connectivity index (χ1n) is 9.94. The van der Waals surface area contributed by atoms with Crippen molar-refractivity contribution >= 4 is 0 Å². The molecule has 156 valence electrons. The van der Waals surface area contributed by atoms with E-state index in [-0.39, 0.29) is 0 Å². The van der Waals surface area contributed by atoms with Crippen LogP contribution in [0.5, 0.6) is 11.5 Å². The standard InChI is InChI=1S/C10H14O.C9H12O.C8H10/c1-7-5-9(3)10(11-4)6-8(7)2;1-7-4-5-8(2)9(6-7)10-3;1-7-5-3-4-6-8(7)2/h5-6H,1-4H3;4-6H,1-3H3;3-6H,1-2H3. The molecule has 0 bridgehead atoms. The van der Waals surface area contributed by atoms with Gasteiger partial charge < -0.3 is 9.47 Å². The van der Waals surface area contributed by atoms with Crippen LogP contribution in [0.2, 0.25) is 0 Å². The highest BCUT2D eigenvalue weighted by atomic mass is 16.5. The molecule has 0 saturated heterocycles. The number of ether oxygens (including phenoxy) is 2. The molecule has 0 heterocycles. The van der Waals surface area contributed by atoms with Gasteiger partial charge in [0.25, 0.3) is 0 Å². The van der Waals surface area contributed by atoms with Gasteiger partial charge in [-0.05, 0) is 99.5 Å². The van der Waals surface area contributed by atoms with Gasteiger partial charge in [-0.3, -0.25) is 0 Å². The first-order valence-corrected chi connectivity index (χ1v) is 9.94. The first-order chi connectivity index (χ1) is 13.7. The zero-order chi connectivity index (χ0) is 22.0. The summed E-state index contributed by atoms with van der Waals surface area (Å²) in [5.74, 6) is 1.95. The molecule has 0 fully saturated rings. The van der Waals surface area contributed by atoms with Crippen LogP contribution in [0.25, 0.3) is 0 Å². The van der Waals surface area contributed by atoms with Crippen LogP contribution >= 0.6 is 0 Å². The van der Waals surface area contributed by atoms with Crippen LogP contribution in [0.4, 0.5) is 0 Å². The van der Waals surface area contributed by atoms with Crippen LogP contribution in [0.3, 0.4) is 0 Å². The second kappa shape index (κ2) is 12.0. The largest absolute Gasteiger partial charge is 0.496 e. The topological polar surface area (TPSA) is 18.5 Å². The fourth-order valence-corrected chi connectivity index (χ4v) is 2.74. The van der Waals surface area contributed by atoms with E-state index in [1.54, 1.807) is 14.2 Å². The van der Waals surface area contributed by atoms with Crippen molar-refractivity contribution in [3.63, 3.8) is 0 Å². The molecule has 0 aliphatic rings. The molecule has 0 spiro atoms. The van der Waals surface area contributed by atoms with Crippen LogP contribution in [-0.4, -0.2) is 14.2 Å². The second-order valence-electron chi connectivity index (χ2n) is 7.46. The Morgan fingerprint density at radius 2 is 0.931 bits per heavy atom. The Morgan fingerprint density at radius 1 is 0.448 bits per heavy atom. The maximum atomic E-state index is 5.18. The molecule has 3 aromatic carbocycles. The maximum absolute atomic E-state index is 5.18. The predicted molar refractivity (Wildman–Crippen MR) is 126 cm³/mol. The minimum atomic E-state index is 0.972. The molecule has 0 amide bonds. The van der Waals surface area contributed by atoms with Crippen LogP contribution in [-0.2, 0) is 0 Å². The summed E-state index contributed by atoms with van der Waals surface area (Å²) in [6, 6.07) is 18.8. The summed E-state index contributed by atoms with van der Waals surface area (Å²) in [7, 11) is 3.40. The molecule has 0 saturated carbocycles. The summed E-state index contributed by atoms with van der Waals surface area (Å²) in [6.07, 6.45) is 0. The zero-order valence-electron chi connectivity index (χ0n) is 19.5. The van der Waals surface area contributed by atoms with Gasteiger partial charge in [0.2, 0.25) is 0 Å². The van der Waals surface area contributed by atoms with E-state index in [9.17, 15) is 0 Å². The van der Waals surface area contributed by atoms with Gasteiger partial charge in [0.05, 0.1) is 14.2 Å². The SMILES string of the molecule is COc1cc(C)c(C)cc1C.COc1cc(C)ccc1C.Cc1ccccc1C. The molecule has 0 aliphatic carbocycles. The molecule has 0 aromatic heterocycles. The Bertz CT molecular complexity index is 889. The Labute approximate surface area is 177 Å². The van der Waals surface area contributed by atoms with Gasteiger partial charge in [0.1, 0.15) is 11.5 Å². The lowest BCUT2D eigenvalue weighted by atomic mass is 10.1. The van der Waals surface area contributed by atoms with Crippen molar-refractivity contribution in [2.24, 2.45) is 0 Å². The summed E-state index contributed by atoms with van der Waals surface area (Å²) in [5, 5.41) is 0. The molecule has 0 radical (unpaired) electrons. The van der Waals surface area contributed by atoms with Crippen molar-refractivity contribution in [3.8, 4) is 11.5 Å². The minimum absolute atomic E-state index is 0.972. The van der Waals surface area contributed by atoms with E-state index in [1.807, 2.05) is 13.0 Å². The van der Waals surface area contributed by atoms with E-state index in [2.05, 4.69) is 90.1 Å². The van der Waals surface area contributed by atoms with Crippen molar-refractivity contribution in [1.29, 1.82) is 0 Å². The van der Waals surface area contributed by atoms with Gasteiger partial charge in [-0.1, -0.05) is 42.5 Å². The van der Waals surface area contributed by atoms with Gasteiger partial charge in [-0.2, -0.15) is 0 Å². The predicted octanol–water partition coefficient (Wildman–Crippen LogP) is 7.24. The molecule has 0 unspecified atom stereocenters. The quantitative estimate of drug-likeness (QED) is 0.458. The molecular formula is C27H36O2. The van der Waals surface area contributed by atoms with Gasteiger partial charge in [0, 0.05) is 0 Å². The van der Waals surface area contributed by atoms with Crippen LogP contribution in [0.15, 0.2) is 54.6 Å².